The molecular formula is C25H25FN2O3. The smallest absolute Gasteiger partial charge is 0.231 e. The van der Waals surface area contributed by atoms with Gasteiger partial charge in [0.1, 0.15) is 18.2 Å². The molecule has 5 nitrogen and oxygen atoms in total. The molecule has 3 aromatic rings. The highest BCUT2D eigenvalue weighted by atomic mass is 19.1. The third-order valence-corrected chi connectivity index (χ3v) is 5.80. The van der Waals surface area contributed by atoms with Gasteiger partial charge in [-0.05, 0) is 61.5 Å². The molecule has 3 aromatic carbocycles. The van der Waals surface area contributed by atoms with Crippen molar-refractivity contribution in [2.75, 3.05) is 38.4 Å². The molecule has 2 aliphatic rings. The van der Waals surface area contributed by atoms with Crippen LogP contribution in [0.3, 0.4) is 0 Å². The first-order chi connectivity index (χ1) is 15.2. The lowest BCUT2D eigenvalue weighted by Gasteiger charge is -2.28. The molecule has 0 fully saturated rings. The fourth-order valence-electron chi connectivity index (χ4n) is 4.06. The van der Waals surface area contributed by atoms with Gasteiger partial charge in [-0.2, -0.15) is 0 Å². The van der Waals surface area contributed by atoms with E-state index in [1.54, 1.807) is 6.07 Å². The van der Waals surface area contributed by atoms with Crippen LogP contribution in [0.2, 0.25) is 0 Å². The van der Waals surface area contributed by atoms with E-state index in [9.17, 15) is 4.39 Å². The fraction of sp³-hybridized carbons (Fsp3) is 0.280. The summed E-state index contributed by atoms with van der Waals surface area (Å²) in [6.45, 7) is 3.21. The van der Waals surface area contributed by atoms with E-state index >= 15 is 0 Å². The van der Waals surface area contributed by atoms with Gasteiger partial charge in [-0.3, -0.25) is 0 Å². The van der Waals surface area contributed by atoms with Gasteiger partial charge in [-0.15, -0.1) is 0 Å². The lowest BCUT2D eigenvalue weighted by Crippen LogP contribution is -2.32. The van der Waals surface area contributed by atoms with Crippen molar-refractivity contribution in [2.45, 2.75) is 13.0 Å². The Morgan fingerprint density at radius 1 is 0.871 bits per heavy atom. The first kappa shape index (κ1) is 19.7. The molecule has 160 valence electrons. The van der Waals surface area contributed by atoms with Crippen LogP contribution in [0.1, 0.15) is 11.1 Å². The second-order valence-corrected chi connectivity index (χ2v) is 7.92. The number of likely N-dealkylation sites (N-methyl/N-ethyl adjacent to an activating group) is 1. The molecule has 31 heavy (non-hydrogen) atoms. The molecule has 0 N–H and O–H groups in total. The van der Waals surface area contributed by atoms with Crippen LogP contribution in [0.4, 0.5) is 15.8 Å². The molecule has 0 spiro atoms. The number of fused-ring (bicyclic) bond motifs is 3. The summed E-state index contributed by atoms with van der Waals surface area (Å²) in [7, 11) is 2.12. The van der Waals surface area contributed by atoms with Crippen LogP contribution in [0.15, 0.2) is 60.7 Å². The zero-order valence-electron chi connectivity index (χ0n) is 17.5. The lowest BCUT2D eigenvalue weighted by molar-refractivity contribution is 0.174. The normalized spacial score (nSPS) is 14.1. The summed E-state index contributed by atoms with van der Waals surface area (Å²) in [5.41, 5.74) is 4.09. The van der Waals surface area contributed by atoms with Gasteiger partial charge in [0.2, 0.25) is 6.79 Å². The molecule has 6 heteroatoms. The topological polar surface area (TPSA) is 34.2 Å². The molecule has 0 saturated heterocycles. The minimum atomic E-state index is -0.242. The Morgan fingerprint density at radius 2 is 1.74 bits per heavy atom. The van der Waals surface area contributed by atoms with Gasteiger partial charge in [-0.25, -0.2) is 4.39 Å². The Morgan fingerprint density at radius 3 is 2.68 bits per heavy atom. The van der Waals surface area contributed by atoms with E-state index in [0.717, 1.165) is 60.2 Å². The predicted octanol–water partition coefficient (Wildman–Crippen LogP) is 4.76. The first-order valence-corrected chi connectivity index (χ1v) is 10.5. The predicted molar refractivity (Wildman–Crippen MR) is 118 cm³/mol. The summed E-state index contributed by atoms with van der Waals surface area (Å²) >= 11 is 0. The maximum absolute atomic E-state index is 13.8. The third kappa shape index (κ3) is 4.16. The number of nitrogens with zero attached hydrogens (tertiary/aromatic N) is 2. The van der Waals surface area contributed by atoms with E-state index in [4.69, 9.17) is 14.2 Å². The number of anilines is 2. The Kier molecular flexibility index (Phi) is 5.38. The zero-order valence-corrected chi connectivity index (χ0v) is 17.5. The number of ether oxygens (including phenoxy) is 3. The SMILES string of the molecule is CN(CCc1ccc2c(c1)OCO2)CCN1c2ccc(F)cc2COc2ccccc21. The number of benzene rings is 3. The summed E-state index contributed by atoms with van der Waals surface area (Å²) in [6, 6.07) is 19.1. The molecule has 0 saturated carbocycles. The highest BCUT2D eigenvalue weighted by molar-refractivity contribution is 5.72. The van der Waals surface area contributed by atoms with Crippen LogP contribution >= 0.6 is 0 Å². The first-order valence-electron chi connectivity index (χ1n) is 10.5. The Labute approximate surface area is 181 Å². The Balaban J connectivity index is 1.28. The summed E-state index contributed by atoms with van der Waals surface area (Å²) < 4.78 is 30.7. The second-order valence-electron chi connectivity index (χ2n) is 7.92. The molecule has 5 rings (SSSR count). The second kappa shape index (κ2) is 8.47. The van der Waals surface area contributed by atoms with E-state index in [0.29, 0.717) is 13.4 Å². The van der Waals surface area contributed by atoms with E-state index in [2.05, 4.69) is 35.0 Å². The van der Waals surface area contributed by atoms with Crippen molar-refractivity contribution in [3.05, 3.63) is 77.6 Å². The Bertz CT molecular complexity index is 1090. The number of hydrogen-bond donors (Lipinski definition) is 0. The lowest BCUT2D eigenvalue weighted by atomic mass is 10.1. The summed E-state index contributed by atoms with van der Waals surface area (Å²) in [6.07, 6.45) is 0.925. The van der Waals surface area contributed by atoms with E-state index < -0.39 is 0 Å². The maximum Gasteiger partial charge on any atom is 0.231 e. The Hall–Kier alpha value is -3.25. The standard InChI is InChI=1S/C25H25FN2O3/c1-27(11-10-18-6-9-24-25(14-18)31-17-30-24)12-13-28-21-8-7-20(26)15-19(21)16-29-23-5-3-2-4-22(23)28/h2-9,14-15H,10-13,16-17H2,1H3. The van der Waals surface area contributed by atoms with E-state index in [-0.39, 0.29) is 5.82 Å². The van der Waals surface area contributed by atoms with Crippen molar-refractivity contribution < 1.29 is 18.6 Å². The highest BCUT2D eigenvalue weighted by Gasteiger charge is 2.22. The number of rotatable bonds is 6. The largest absolute Gasteiger partial charge is 0.487 e. The summed E-state index contributed by atoms with van der Waals surface area (Å²) in [5.74, 6) is 2.22. The number of para-hydroxylation sites is 2. The van der Waals surface area contributed by atoms with Crippen molar-refractivity contribution in [1.82, 2.24) is 4.90 Å². The molecule has 2 aliphatic heterocycles. The number of hydrogen-bond acceptors (Lipinski definition) is 5. The molecule has 0 bridgehead atoms. The van der Waals surface area contributed by atoms with Crippen molar-refractivity contribution in [3.63, 3.8) is 0 Å². The van der Waals surface area contributed by atoms with Gasteiger partial charge in [0.05, 0.1) is 5.69 Å². The quantitative estimate of drug-likeness (QED) is 0.574. The van der Waals surface area contributed by atoms with Gasteiger partial charge in [-0.1, -0.05) is 18.2 Å². The fourth-order valence-corrected chi connectivity index (χ4v) is 4.06. The van der Waals surface area contributed by atoms with Gasteiger partial charge in [0.15, 0.2) is 11.5 Å². The van der Waals surface area contributed by atoms with Gasteiger partial charge in [0.25, 0.3) is 0 Å². The van der Waals surface area contributed by atoms with Gasteiger partial charge < -0.3 is 24.0 Å². The van der Waals surface area contributed by atoms with Crippen LogP contribution in [-0.4, -0.2) is 38.4 Å². The van der Waals surface area contributed by atoms with E-state index in [1.807, 2.05) is 30.3 Å². The van der Waals surface area contributed by atoms with E-state index in [1.165, 1.54) is 11.6 Å². The third-order valence-electron chi connectivity index (χ3n) is 5.80. The monoisotopic (exact) mass is 420 g/mol. The summed E-state index contributed by atoms with van der Waals surface area (Å²) in [4.78, 5) is 4.54. The molecular weight excluding hydrogens is 395 g/mol. The van der Waals surface area contributed by atoms with Gasteiger partial charge in [0, 0.05) is 30.9 Å². The van der Waals surface area contributed by atoms with Crippen molar-refractivity contribution in [3.8, 4) is 17.2 Å². The molecule has 0 amide bonds. The maximum atomic E-state index is 13.8. The van der Waals surface area contributed by atoms with Crippen molar-refractivity contribution >= 4 is 11.4 Å². The number of halogens is 1. The summed E-state index contributed by atoms with van der Waals surface area (Å²) in [5, 5.41) is 0. The van der Waals surface area contributed by atoms with Gasteiger partial charge >= 0.3 is 0 Å². The highest BCUT2D eigenvalue weighted by Crippen LogP contribution is 2.39. The molecule has 0 atom stereocenters. The molecule has 0 aromatic heterocycles. The van der Waals surface area contributed by atoms with Crippen molar-refractivity contribution in [2.24, 2.45) is 0 Å². The van der Waals surface area contributed by atoms with Crippen molar-refractivity contribution in [1.29, 1.82) is 0 Å². The van der Waals surface area contributed by atoms with Crippen LogP contribution in [0, 0.1) is 5.82 Å². The van der Waals surface area contributed by atoms with Crippen LogP contribution in [-0.2, 0) is 13.0 Å². The van der Waals surface area contributed by atoms with Crippen LogP contribution in [0.5, 0.6) is 17.2 Å². The molecule has 2 heterocycles. The zero-order chi connectivity index (χ0) is 21.2. The molecule has 0 aliphatic carbocycles. The van der Waals surface area contributed by atoms with Crippen LogP contribution in [0.25, 0.3) is 0 Å². The minimum absolute atomic E-state index is 0.242. The minimum Gasteiger partial charge on any atom is -0.487 e. The average molecular weight is 420 g/mol. The van der Waals surface area contributed by atoms with Crippen LogP contribution < -0.4 is 19.1 Å². The average Bonchev–Trinajstić information content (AvgIpc) is 3.19. The molecule has 0 unspecified atom stereocenters. The molecule has 0 radical (unpaired) electrons.